The highest BCUT2D eigenvalue weighted by atomic mass is 35.5. The summed E-state index contributed by atoms with van der Waals surface area (Å²) in [5.41, 5.74) is 0.502. The summed E-state index contributed by atoms with van der Waals surface area (Å²) in [7, 11) is 0. The lowest BCUT2D eigenvalue weighted by molar-refractivity contribution is -0.162. The predicted octanol–water partition coefficient (Wildman–Crippen LogP) is -0.0316. The fraction of sp³-hybridized carbons (Fsp3) is 0.471. The zero-order valence-corrected chi connectivity index (χ0v) is 14.2. The Morgan fingerprint density at radius 3 is 2.40 bits per heavy atom. The van der Waals surface area contributed by atoms with Crippen molar-refractivity contribution in [2.75, 3.05) is 26.2 Å². The number of hydrogen-bond donors (Lipinski definition) is 1. The highest BCUT2D eigenvalue weighted by Gasteiger charge is 2.51. The van der Waals surface area contributed by atoms with Crippen molar-refractivity contribution in [2.24, 2.45) is 0 Å². The molecule has 7 nitrogen and oxygen atoms in total. The van der Waals surface area contributed by atoms with Crippen molar-refractivity contribution >= 4 is 29.3 Å². The summed E-state index contributed by atoms with van der Waals surface area (Å²) in [6.45, 7) is 1.07. The van der Waals surface area contributed by atoms with E-state index in [0.29, 0.717) is 30.1 Å². The van der Waals surface area contributed by atoms with Gasteiger partial charge in [-0.25, -0.2) is 0 Å². The second kappa shape index (κ2) is 6.00. The number of aliphatic hydroxyl groups excluding tert-OH is 1. The molecule has 0 bridgehead atoms. The Morgan fingerprint density at radius 1 is 1.00 bits per heavy atom. The standard InChI is InChI=1S/C17H18ClN3O4/c18-11-3-1-10(2-4-11)15(23)19-5-6-20-14(9-19)17(25)21-8-12(22)7-13(21)16(20)24/h1-4,12-14,22H,5-9H2/t12-,13+,14-/m1/s1. The average molecular weight is 364 g/mol. The lowest BCUT2D eigenvalue weighted by Gasteiger charge is -2.47. The summed E-state index contributed by atoms with van der Waals surface area (Å²) < 4.78 is 0. The molecule has 0 aromatic heterocycles. The SMILES string of the molecule is O=C(c1ccc(Cl)cc1)N1CCN2C(=O)[C@@H]3C[C@@H](O)CN3C(=O)[C@H]2C1. The predicted molar refractivity (Wildman–Crippen MR) is 89.0 cm³/mol. The number of nitrogens with zero attached hydrogens (tertiary/aromatic N) is 3. The number of benzene rings is 1. The zero-order valence-electron chi connectivity index (χ0n) is 13.5. The topological polar surface area (TPSA) is 81.2 Å². The number of piperazine rings is 2. The van der Waals surface area contributed by atoms with Crippen LogP contribution in [0.2, 0.25) is 5.02 Å². The molecule has 0 radical (unpaired) electrons. The van der Waals surface area contributed by atoms with Gasteiger partial charge in [0.15, 0.2) is 0 Å². The summed E-state index contributed by atoms with van der Waals surface area (Å²) in [6.07, 6.45) is -0.368. The third-order valence-corrected chi connectivity index (χ3v) is 5.43. The van der Waals surface area contributed by atoms with Crippen molar-refractivity contribution in [3.8, 4) is 0 Å². The first-order valence-corrected chi connectivity index (χ1v) is 8.67. The average Bonchev–Trinajstić information content (AvgIpc) is 3.01. The van der Waals surface area contributed by atoms with Crippen molar-refractivity contribution in [1.29, 1.82) is 0 Å². The smallest absolute Gasteiger partial charge is 0.254 e. The van der Waals surface area contributed by atoms with E-state index in [0.717, 1.165) is 0 Å². The first-order valence-electron chi connectivity index (χ1n) is 8.29. The Kier molecular flexibility index (Phi) is 3.92. The maximum Gasteiger partial charge on any atom is 0.254 e. The summed E-state index contributed by atoms with van der Waals surface area (Å²) in [4.78, 5) is 42.7. The highest BCUT2D eigenvalue weighted by molar-refractivity contribution is 6.30. The number of halogens is 1. The zero-order chi connectivity index (χ0) is 17.7. The first kappa shape index (κ1) is 16.4. The fourth-order valence-corrected chi connectivity index (χ4v) is 4.02. The fourth-order valence-electron chi connectivity index (χ4n) is 3.89. The number of amides is 3. The van der Waals surface area contributed by atoms with E-state index in [1.54, 1.807) is 34.1 Å². The third kappa shape index (κ3) is 2.67. The number of carbonyl (C=O) groups excluding carboxylic acids is 3. The minimum absolute atomic E-state index is 0.125. The van der Waals surface area contributed by atoms with Gasteiger partial charge >= 0.3 is 0 Å². The molecule has 0 aliphatic carbocycles. The Hall–Kier alpha value is -2.12. The van der Waals surface area contributed by atoms with Crippen LogP contribution in [0.3, 0.4) is 0 Å². The molecule has 4 rings (SSSR count). The van der Waals surface area contributed by atoms with Crippen LogP contribution in [0.1, 0.15) is 16.8 Å². The number of aliphatic hydroxyl groups is 1. The van der Waals surface area contributed by atoms with Crippen LogP contribution in [0.25, 0.3) is 0 Å². The molecule has 3 fully saturated rings. The van der Waals surface area contributed by atoms with Crippen molar-refractivity contribution in [1.82, 2.24) is 14.7 Å². The largest absolute Gasteiger partial charge is 0.391 e. The Morgan fingerprint density at radius 2 is 1.68 bits per heavy atom. The van der Waals surface area contributed by atoms with Gasteiger partial charge in [-0.15, -0.1) is 0 Å². The van der Waals surface area contributed by atoms with Crippen molar-refractivity contribution in [3.63, 3.8) is 0 Å². The molecule has 0 spiro atoms. The monoisotopic (exact) mass is 363 g/mol. The summed E-state index contributed by atoms with van der Waals surface area (Å²) in [5.74, 6) is -0.491. The molecular formula is C17H18ClN3O4. The second-order valence-corrected chi connectivity index (χ2v) is 7.14. The van der Waals surface area contributed by atoms with E-state index in [1.165, 1.54) is 4.90 Å². The molecule has 3 atom stereocenters. The minimum Gasteiger partial charge on any atom is -0.391 e. The Bertz CT molecular complexity index is 738. The summed E-state index contributed by atoms with van der Waals surface area (Å²) in [5, 5.41) is 10.3. The van der Waals surface area contributed by atoms with Gasteiger partial charge in [0.1, 0.15) is 12.1 Å². The van der Waals surface area contributed by atoms with Gasteiger partial charge in [0.05, 0.1) is 12.6 Å². The maximum atomic E-state index is 12.7. The molecule has 3 saturated heterocycles. The lowest BCUT2D eigenvalue weighted by atomic mass is 10.0. The van der Waals surface area contributed by atoms with Crippen molar-refractivity contribution in [2.45, 2.75) is 24.6 Å². The van der Waals surface area contributed by atoms with Crippen LogP contribution in [0.4, 0.5) is 0 Å². The second-order valence-electron chi connectivity index (χ2n) is 6.70. The molecule has 1 aromatic carbocycles. The molecule has 3 aliphatic rings. The van der Waals surface area contributed by atoms with Crippen LogP contribution in [-0.4, -0.2) is 81.9 Å². The molecule has 3 heterocycles. The van der Waals surface area contributed by atoms with Gasteiger partial charge in [0.25, 0.3) is 5.91 Å². The molecule has 25 heavy (non-hydrogen) atoms. The van der Waals surface area contributed by atoms with Crippen LogP contribution < -0.4 is 0 Å². The van der Waals surface area contributed by atoms with E-state index < -0.39 is 18.2 Å². The Labute approximate surface area is 149 Å². The van der Waals surface area contributed by atoms with Gasteiger partial charge in [-0.2, -0.15) is 0 Å². The van der Waals surface area contributed by atoms with Gasteiger partial charge in [-0.3, -0.25) is 14.4 Å². The van der Waals surface area contributed by atoms with E-state index >= 15 is 0 Å². The number of hydrogen-bond acceptors (Lipinski definition) is 4. The van der Waals surface area contributed by atoms with Crippen LogP contribution in [0.5, 0.6) is 0 Å². The quantitative estimate of drug-likeness (QED) is 0.759. The maximum absolute atomic E-state index is 12.7. The molecule has 132 valence electrons. The normalized spacial score (nSPS) is 28.9. The lowest BCUT2D eigenvalue weighted by Crippen LogP contribution is -2.69. The van der Waals surface area contributed by atoms with Crippen LogP contribution in [0.15, 0.2) is 24.3 Å². The first-order chi connectivity index (χ1) is 12.0. The van der Waals surface area contributed by atoms with E-state index in [1.807, 2.05) is 0 Å². The molecule has 0 unspecified atom stereocenters. The third-order valence-electron chi connectivity index (χ3n) is 5.17. The minimum atomic E-state index is -0.668. The Balaban J connectivity index is 1.54. The number of carbonyl (C=O) groups is 3. The van der Waals surface area contributed by atoms with E-state index in [-0.39, 0.29) is 30.8 Å². The molecule has 3 amide bonds. The molecule has 8 heteroatoms. The van der Waals surface area contributed by atoms with Gasteiger partial charge in [-0.05, 0) is 24.3 Å². The molecule has 3 aliphatic heterocycles. The molecular weight excluding hydrogens is 346 g/mol. The van der Waals surface area contributed by atoms with E-state index in [2.05, 4.69) is 0 Å². The van der Waals surface area contributed by atoms with Gasteiger partial charge < -0.3 is 19.8 Å². The van der Waals surface area contributed by atoms with E-state index in [9.17, 15) is 19.5 Å². The molecule has 0 saturated carbocycles. The summed E-state index contributed by atoms with van der Waals surface area (Å²) in [6, 6.07) is 5.37. The van der Waals surface area contributed by atoms with Crippen molar-refractivity contribution in [3.05, 3.63) is 34.9 Å². The highest BCUT2D eigenvalue weighted by Crippen LogP contribution is 2.29. The van der Waals surface area contributed by atoms with Gasteiger partial charge in [0.2, 0.25) is 11.8 Å². The van der Waals surface area contributed by atoms with Gasteiger partial charge in [-0.1, -0.05) is 11.6 Å². The van der Waals surface area contributed by atoms with Gasteiger partial charge in [0, 0.05) is 36.6 Å². The van der Waals surface area contributed by atoms with Crippen LogP contribution in [0, 0.1) is 0 Å². The number of fused-ring (bicyclic) bond motifs is 2. The van der Waals surface area contributed by atoms with Crippen LogP contribution in [-0.2, 0) is 9.59 Å². The van der Waals surface area contributed by atoms with Crippen LogP contribution >= 0.6 is 11.6 Å². The summed E-state index contributed by atoms with van der Waals surface area (Å²) >= 11 is 5.85. The number of rotatable bonds is 1. The van der Waals surface area contributed by atoms with Crippen molar-refractivity contribution < 1.29 is 19.5 Å². The molecule has 1 N–H and O–H groups in total. The van der Waals surface area contributed by atoms with E-state index in [4.69, 9.17) is 11.6 Å². The molecule has 1 aromatic rings.